The molecule has 0 unspecified atom stereocenters. The van der Waals surface area contributed by atoms with Gasteiger partial charge in [0.05, 0.1) is 10.6 Å². The van der Waals surface area contributed by atoms with Crippen LogP contribution in [0.4, 0.5) is 24.5 Å². The highest BCUT2D eigenvalue weighted by molar-refractivity contribution is 7.92. The van der Waals surface area contributed by atoms with E-state index in [9.17, 15) is 26.4 Å². The second-order valence-corrected chi connectivity index (χ2v) is 7.88. The number of hydrogen-bond acceptors (Lipinski definition) is 3. The molecule has 0 saturated heterocycles. The van der Waals surface area contributed by atoms with Crippen LogP contribution in [0.3, 0.4) is 0 Å². The van der Waals surface area contributed by atoms with Gasteiger partial charge in [0, 0.05) is 11.3 Å². The summed E-state index contributed by atoms with van der Waals surface area (Å²) in [5.74, 6) is -3.61. The fourth-order valence-corrected chi connectivity index (χ4v) is 3.53. The monoisotopic (exact) mass is 420 g/mol. The first-order valence-corrected chi connectivity index (χ1v) is 9.79. The van der Waals surface area contributed by atoms with Crippen molar-refractivity contribution in [2.75, 3.05) is 10.0 Å². The third-order valence-corrected chi connectivity index (χ3v) is 5.35. The van der Waals surface area contributed by atoms with Crippen molar-refractivity contribution >= 4 is 27.3 Å². The lowest BCUT2D eigenvalue weighted by molar-refractivity contribution is 0.102. The summed E-state index contributed by atoms with van der Waals surface area (Å²) in [6.07, 6.45) is 0. The maximum Gasteiger partial charge on any atom is 0.261 e. The highest BCUT2D eigenvalue weighted by atomic mass is 32.2. The van der Waals surface area contributed by atoms with Crippen molar-refractivity contribution in [3.05, 3.63) is 89.2 Å². The van der Waals surface area contributed by atoms with Crippen LogP contribution in [0.15, 0.2) is 65.6 Å². The van der Waals surface area contributed by atoms with Crippen LogP contribution in [0.1, 0.15) is 15.9 Å². The molecule has 29 heavy (non-hydrogen) atoms. The van der Waals surface area contributed by atoms with Crippen LogP contribution in [0, 0.1) is 24.4 Å². The first-order valence-electron chi connectivity index (χ1n) is 8.31. The molecule has 150 valence electrons. The van der Waals surface area contributed by atoms with Gasteiger partial charge in [-0.15, -0.1) is 0 Å². The number of rotatable bonds is 5. The molecule has 0 aliphatic heterocycles. The fraction of sp³-hybridized carbons (Fsp3) is 0.0500. The molecule has 0 saturated carbocycles. The second-order valence-electron chi connectivity index (χ2n) is 6.20. The molecule has 3 rings (SSSR count). The lowest BCUT2D eigenvalue weighted by Crippen LogP contribution is -2.15. The lowest BCUT2D eigenvalue weighted by Gasteiger charge is -2.10. The minimum atomic E-state index is -4.15. The molecule has 0 aromatic heterocycles. The van der Waals surface area contributed by atoms with E-state index in [0.29, 0.717) is 17.7 Å². The highest BCUT2D eigenvalue weighted by Gasteiger charge is 2.17. The van der Waals surface area contributed by atoms with Crippen molar-refractivity contribution in [3.8, 4) is 0 Å². The predicted molar refractivity (Wildman–Crippen MR) is 103 cm³/mol. The number of sulfonamides is 1. The minimum absolute atomic E-state index is 0.0173. The van der Waals surface area contributed by atoms with Crippen LogP contribution in [-0.4, -0.2) is 14.3 Å². The Morgan fingerprint density at radius 3 is 2.14 bits per heavy atom. The zero-order valence-electron chi connectivity index (χ0n) is 15.0. The molecule has 0 atom stereocenters. The number of hydrogen-bond donors (Lipinski definition) is 2. The van der Waals surface area contributed by atoms with E-state index in [1.807, 2.05) is 0 Å². The van der Waals surface area contributed by atoms with E-state index in [-0.39, 0.29) is 16.9 Å². The van der Waals surface area contributed by atoms with Gasteiger partial charge in [-0.2, -0.15) is 0 Å². The van der Waals surface area contributed by atoms with Crippen LogP contribution < -0.4 is 10.0 Å². The number of carbonyl (C=O) groups excluding carboxylic acids is 1. The molecule has 5 nitrogen and oxygen atoms in total. The van der Waals surface area contributed by atoms with E-state index < -0.39 is 38.3 Å². The van der Waals surface area contributed by atoms with Gasteiger partial charge in [0.25, 0.3) is 15.9 Å². The number of anilines is 2. The smallest absolute Gasteiger partial charge is 0.261 e. The summed E-state index contributed by atoms with van der Waals surface area (Å²) in [6, 6.07) is 11.9. The standard InChI is InChI=1S/C20H15F3N2O3S/c1-12-2-9-19(18(23)10-12)24-20(26)13-3-5-14(6-4-13)25-29(27,28)15-7-8-16(21)17(22)11-15/h2-11,25H,1H3,(H,24,26). The Hall–Kier alpha value is -3.33. The topological polar surface area (TPSA) is 75.3 Å². The quantitative estimate of drug-likeness (QED) is 0.640. The Morgan fingerprint density at radius 1 is 0.828 bits per heavy atom. The third-order valence-electron chi connectivity index (χ3n) is 3.97. The summed E-state index contributed by atoms with van der Waals surface area (Å²) in [4.78, 5) is 11.8. The number of nitrogens with one attached hydrogen (secondary N) is 2. The molecule has 0 bridgehead atoms. The number of amides is 1. The molecule has 2 N–H and O–H groups in total. The van der Waals surface area contributed by atoms with Crippen LogP contribution >= 0.6 is 0 Å². The maximum atomic E-state index is 13.8. The Kier molecular flexibility index (Phi) is 5.60. The number of benzene rings is 3. The molecule has 0 spiro atoms. The van der Waals surface area contributed by atoms with Crippen molar-refractivity contribution in [1.82, 2.24) is 0 Å². The Bertz CT molecular complexity index is 1180. The highest BCUT2D eigenvalue weighted by Crippen LogP contribution is 2.20. The van der Waals surface area contributed by atoms with E-state index in [4.69, 9.17) is 0 Å². The number of halogens is 3. The minimum Gasteiger partial charge on any atom is -0.319 e. The zero-order valence-corrected chi connectivity index (χ0v) is 15.9. The largest absolute Gasteiger partial charge is 0.319 e. The van der Waals surface area contributed by atoms with Gasteiger partial charge in [0.2, 0.25) is 0 Å². The molecule has 0 aliphatic carbocycles. The molecule has 0 radical (unpaired) electrons. The molecule has 0 fully saturated rings. The maximum absolute atomic E-state index is 13.8. The van der Waals surface area contributed by atoms with Gasteiger partial charge in [-0.3, -0.25) is 9.52 Å². The summed E-state index contributed by atoms with van der Waals surface area (Å²) in [5, 5.41) is 2.43. The average Bonchev–Trinajstić information content (AvgIpc) is 2.66. The van der Waals surface area contributed by atoms with Gasteiger partial charge in [-0.25, -0.2) is 21.6 Å². The predicted octanol–water partition coefficient (Wildman–Crippen LogP) is 4.47. The first-order chi connectivity index (χ1) is 13.7. The second kappa shape index (κ2) is 7.96. The molecule has 3 aromatic carbocycles. The van der Waals surface area contributed by atoms with Crippen molar-refractivity contribution in [2.45, 2.75) is 11.8 Å². The molecule has 9 heteroatoms. The molecule has 3 aromatic rings. The van der Waals surface area contributed by atoms with Gasteiger partial charge in [-0.05, 0) is 67.1 Å². The number of aryl methyl sites for hydroxylation is 1. The Balaban J connectivity index is 1.74. The van der Waals surface area contributed by atoms with Crippen molar-refractivity contribution in [1.29, 1.82) is 0 Å². The van der Waals surface area contributed by atoms with Gasteiger partial charge < -0.3 is 5.32 Å². The van der Waals surface area contributed by atoms with Crippen LogP contribution in [0.25, 0.3) is 0 Å². The van der Waals surface area contributed by atoms with Crippen LogP contribution in [0.2, 0.25) is 0 Å². The number of carbonyl (C=O) groups is 1. The fourth-order valence-electron chi connectivity index (χ4n) is 2.46. The summed E-state index contributed by atoms with van der Waals surface area (Å²) in [7, 11) is -4.15. The molecule has 1 amide bonds. The van der Waals surface area contributed by atoms with E-state index in [0.717, 1.165) is 6.07 Å². The summed E-state index contributed by atoms with van der Waals surface area (Å²) in [5.41, 5.74) is 0.996. The molecule has 0 heterocycles. The Labute approximate surface area is 165 Å². The van der Waals surface area contributed by atoms with Crippen LogP contribution in [0.5, 0.6) is 0 Å². The zero-order chi connectivity index (χ0) is 21.2. The van der Waals surface area contributed by atoms with E-state index in [1.165, 1.54) is 36.4 Å². The molecule has 0 aliphatic rings. The van der Waals surface area contributed by atoms with Crippen molar-refractivity contribution in [2.24, 2.45) is 0 Å². The van der Waals surface area contributed by atoms with E-state index >= 15 is 0 Å². The SMILES string of the molecule is Cc1ccc(NC(=O)c2ccc(NS(=O)(=O)c3ccc(F)c(F)c3)cc2)c(F)c1. The Morgan fingerprint density at radius 2 is 1.52 bits per heavy atom. The first kappa shape index (κ1) is 20.4. The van der Waals surface area contributed by atoms with Crippen LogP contribution in [-0.2, 0) is 10.0 Å². The summed E-state index contributed by atoms with van der Waals surface area (Å²) >= 11 is 0. The van der Waals surface area contributed by atoms with Gasteiger partial charge in [0.15, 0.2) is 11.6 Å². The van der Waals surface area contributed by atoms with Crippen molar-refractivity contribution in [3.63, 3.8) is 0 Å². The normalized spacial score (nSPS) is 11.2. The van der Waals surface area contributed by atoms with E-state index in [1.54, 1.807) is 13.0 Å². The van der Waals surface area contributed by atoms with Gasteiger partial charge in [0.1, 0.15) is 5.82 Å². The third kappa shape index (κ3) is 4.75. The molecular formula is C20H15F3N2O3S. The lowest BCUT2D eigenvalue weighted by atomic mass is 10.1. The van der Waals surface area contributed by atoms with Gasteiger partial charge >= 0.3 is 0 Å². The van der Waals surface area contributed by atoms with Crippen molar-refractivity contribution < 1.29 is 26.4 Å². The summed E-state index contributed by atoms with van der Waals surface area (Å²) in [6.45, 7) is 1.72. The average molecular weight is 420 g/mol. The summed E-state index contributed by atoms with van der Waals surface area (Å²) < 4.78 is 66.9. The van der Waals surface area contributed by atoms with E-state index in [2.05, 4.69) is 10.0 Å². The van der Waals surface area contributed by atoms with Gasteiger partial charge in [-0.1, -0.05) is 6.07 Å². The molecular weight excluding hydrogens is 405 g/mol.